The normalized spacial score (nSPS) is 13.0. The van der Waals surface area contributed by atoms with Crippen molar-refractivity contribution in [3.05, 3.63) is 188 Å². The van der Waals surface area contributed by atoms with Crippen molar-refractivity contribution < 1.29 is 0 Å². The molecule has 1 aliphatic carbocycles. The Hall–Kier alpha value is -6.95. The molecule has 55 heavy (non-hydrogen) atoms. The zero-order valence-corrected chi connectivity index (χ0v) is 30.5. The van der Waals surface area contributed by atoms with E-state index in [0.29, 0.717) is 5.82 Å². The summed E-state index contributed by atoms with van der Waals surface area (Å²) >= 11 is 1.86. The standard InChI is InChI=1S/C50H32N4S/c1-2-5-16-33(15-4-1)42-31-43(34-17-6-3-7-18-34)53-50(52-42)35-23-26-36(27-24-35)54-44-28-25-32-14-8-9-19-37(32)46(44)40-30-39(41-21-12-13-29-51-41)47-38-20-10-11-22-45(38)55-49(47)48(40)54/h1,3-31H,2H2. The molecule has 0 saturated carbocycles. The smallest absolute Gasteiger partial charge is 0.160 e. The minimum atomic E-state index is 0.700. The molecule has 0 atom stereocenters. The molecular weight excluding hydrogens is 689 g/mol. The van der Waals surface area contributed by atoms with Crippen LogP contribution in [0.25, 0.3) is 97.9 Å². The number of allylic oxidation sites excluding steroid dienone is 6. The van der Waals surface area contributed by atoms with Crippen LogP contribution in [-0.4, -0.2) is 19.5 Å². The average Bonchev–Trinajstić information content (AvgIpc) is 3.67. The fraction of sp³-hybridized carbons (Fsp3) is 0.0200. The Kier molecular flexibility index (Phi) is 7.39. The first-order valence-electron chi connectivity index (χ1n) is 18.6. The van der Waals surface area contributed by atoms with Gasteiger partial charge in [0.2, 0.25) is 0 Å². The Morgan fingerprint density at radius 3 is 2.25 bits per heavy atom. The molecule has 0 bridgehead atoms. The monoisotopic (exact) mass is 720 g/mol. The van der Waals surface area contributed by atoms with Gasteiger partial charge in [0.1, 0.15) is 0 Å². The Morgan fingerprint density at radius 2 is 1.38 bits per heavy atom. The molecule has 6 aromatic carbocycles. The highest BCUT2D eigenvalue weighted by Crippen LogP contribution is 2.48. The summed E-state index contributed by atoms with van der Waals surface area (Å²) in [5.74, 6) is 0.700. The molecular formula is C50H32N4S. The van der Waals surface area contributed by atoms with Crippen LogP contribution in [0.5, 0.6) is 0 Å². The highest BCUT2D eigenvalue weighted by Gasteiger charge is 2.23. The van der Waals surface area contributed by atoms with E-state index >= 15 is 0 Å². The molecule has 0 radical (unpaired) electrons. The highest BCUT2D eigenvalue weighted by atomic mass is 32.1. The second-order valence-corrected chi connectivity index (χ2v) is 15.0. The van der Waals surface area contributed by atoms with Gasteiger partial charge >= 0.3 is 0 Å². The summed E-state index contributed by atoms with van der Waals surface area (Å²) in [6.07, 6.45) is 13.5. The summed E-state index contributed by atoms with van der Waals surface area (Å²) in [6.45, 7) is 0. The lowest BCUT2D eigenvalue weighted by atomic mass is 9.98. The zero-order chi connectivity index (χ0) is 36.3. The van der Waals surface area contributed by atoms with Crippen LogP contribution in [0, 0.1) is 0 Å². The third-order valence-electron chi connectivity index (χ3n) is 10.7. The third-order valence-corrected chi connectivity index (χ3v) is 11.8. The molecule has 11 rings (SSSR count). The summed E-state index contributed by atoms with van der Waals surface area (Å²) in [5.41, 5.74) is 10.5. The number of fused-ring (bicyclic) bond motifs is 9. The van der Waals surface area contributed by atoms with Crippen molar-refractivity contribution in [1.82, 2.24) is 19.5 Å². The van der Waals surface area contributed by atoms with E-state index in [4.69, 9.17) is 15.0 Å². The van der Waals surface area contributed by atoms with Gasteiger partial charge in [-0.05, 0) is 83.4 Å². The third kappa shape index (κ3) is 5.24. The maximum Gasteiger partial charge on any atom is 0.160 e. The summed E-state index contributed by atoms with van der Waals surface area (Å²) in [5, 5.41) is 7.42. The summed E-state index contributed by atoms with van der Waals surface area (Å²) in [7, 11) is 0. The quantitative estimate of drug-likeness (QED) is 0.178. The molecule has 4 heterocycles. The molecule has 4 aromatic heterocycles. The van der Waals surface area contributed by atoms with Gasteiger partial charge in [0.25, 0.3) is 0 Å². The van der Waals surface area contributed by atoms with E-state index in [1.54, 1.807) is 0 Å². The number of nitrogens with zero attached hydrogens (tertiary/aromatic N) is 4. The van der Waals surface area contributed by atoms with Crippen molar-refractivity contribution in [1.29, 1.82) is 0 Å². The predicted molar refractivity (Wildman–Crippen MR) is 232 cm³/mol. The van der Waals surface area contributed by atoms with Crippen molar-refractivity contribution in [2.75, 3.05) is 0 Å². The van der Waals surface area contributed by atoms with E-state index in [1.807, 2.05) is 29.7 Å². The second kappa shape index (κ2) is 12.9. The van der Waals surface area contributed by atoms with E-state index in [2.05, 4.69) is 168 Å². The van der Waals surface area contributed by atoms with Crippen LogP contribution >= 0.6 is 11.3 Å². The highest BCUT2D eigenvalue weighted by molar-refractivity contribution is 7.26. The lowest BCUT2D eigenvalue weighted by molar-refractivity contribution is 1.15. The van der Waals surface area contributed by atoms with Crippen molar-refractivity contribution in [3.8, 4) is 39.6 Å². The first-order chi connectivity index (χ1) is 27.3. The zero-order valence-electron chi connectivity index (χ0n) is 29.7. The van der Waals surface area contributed by atoms with E-state index in [1.165, 1.54) is 52.8 Å². The molecule has 258 valence electrons. The van der Waals surface area contributed by atoms with Crippen LogP contribution in [-0.2, 0) is 0 Å². The predicted octanol–water partition coefficient (Wildman–Crippen LogP) is 13.4. The van der Waals surface area contributed by atoms with Gasteiger partial charge in [-0.1, -0.05) is 115 Å². The van der Waals surface area contributed by atoms with Crippen molar-refractivity contribution >= 4 is 69.7 Å². The van der Waals surface area contributed by atoms with Crippen LogP contribution in [0.2, 0.25) is 0 Å². The van der Waals surface area contributed by atoms with Gasteiger partial charge < -0.3 is 4.57 Å². The van der Waals surface area contributed by atoms with Gasteiger partial charge in [-0.25, -0.2) is 9.97 Å². The van der Waals surface area contributed by atoms with Gasteiger partial charge in [-0.2, -0.15) is 0 Å². The van der Waals surface area contributed by atoms with Crippen LogP contribution in [0.4, 0.5) is 0 Å². The second-order valence-electron chi connectivity index (χ2n) is 13.9. The molecule has 0 fully saturated rings. The van der Waals surface area contributed by atoms with Crippen molar-refractivity contribution in [2.24, 2.45) is 0 Å². The van der Waals surface area contributed by atoms with E-state index in [-0.39, 0.29) is 0 Å². The first kappa shape index (κ1) is 31.6. The lowest BCUT2D eigenvalue weighted by Gasteiger charge is -2.12. The van der Waals surface area contributed by atoms with Crippen LogP contribution < -0.4 is 0 Å². The fourth-order valence-electron chi connectivity index (χ4n) is 8.13. The maximum atomic E-state index is 5.15. The van der Waals surface area contributed by atoms with E-state index in [9.17, 15) is 0 Å². The van der Waals surface area contributed by atoms with Gasteiger partial charge in [0, 0.05) is 54.8 Å². The Morgan fingerprint density at radius 1 is 0.582 bits per heavy atom. The average molecular weight is 721 g/mol. The summed E-state index contributed by atoms with van der Waals surface area (Å²) in [6, 6.07) is 51.9. The number of hydrogen-bond donors (Lipinski definition) is 0. The number of benzene rings is 6. The Balaban J connectivity index is 1.17. The molecule has 4 nitrogen and oxygen atoms in total. The molecule has 0 saturated heterocycles. The lowest BCUT2D eigenvalue weighted by Crippen LogP contribution is -1.99. The van der Waals surface area contributed by atoms with Crippen molar-refractivity contribution in [2.45, 2.75) is 6.42 Å². The minimum absolute atomic E-state index is 0.700. The molecule has 5 heteroatoms. The van der Waals surface area contributed by atoms with Crippen molar-refractivity contribution in [3.63, 3.8) is 0 Å². The number of hydrogen-bond acceptors (Lipinski definition) is 4. The number of thiophene rings is 1. The van der Waals surface area contributed by atoms with Gasteiger partial charge in [-0.15, -0.1) is 11.3 Å². The van der Waals surface area contributed by atoms with E-state index in [0.717, 1.165) is 51.5 Å². The largest absolute Gasteiger partial charge is 0.308 e. The minimum Gasteiger partial charge on any atom is -0.308 e. The molecule has 0 N–H and O–H groups in total. The fourth-order valence-corrected chi connectivity index (χ4v) is 9.40. The number of rotatable bonds is 5. The van der Waals surface area contributed by atoms with Crippen LogP contribution in [0.15, 0.2) is 182 Å². The molecule has 0 spiro atoms. The SMILES string of the molecule is C1=CCC=CC(c2cc(-c3ccccc3)nc(-c3ccc(-n4c5ccc6ccccc6c5c5cc(-c6ccccn6)c6c7ccccc7sc6c54)cc3)n2)=C1. The van der Waals surface area contributed by atoms with Gasteiger partial charge in [-0.3, -0.25) is 4.98 Å². The number of aromatic nitrogens is 4. The molecule has 0 aliphatic heterocycles. The Bertz CT molecular complexity index is 3200. The van der Waals surface area contributed by atoms with Gasteiger partial charge in [0.05, 0.1) is 32.8 Å². The molecule has 1 aliphatic rings. The van der Waals surface area contributed by atoms with E-state index < -0.39 is 0 Å². The summed E-state index contributed by atoms with van der Waals surface area (Å²) in [4.78, 5) is 15.2. The Labute approximate surface area is 321 Å². The molecule has 0 unspecified atom stereocenters. The molecule has 0 amide bonds. The maximum absolute atomic E-state index is 5.15. The van der Waals surface area contributed by atoms with Crippen LogP contribution in [0.3, 0.4) is 0 Å². The summed E-state index contributed by atoms with van der Waals surface area (Å²) < 4.78 is 4.98. The van der Waals surface area contributed by atoms with Crippen LogP contribution in [0.1, 0.15) is 12.1 Å². The van der Waals surface area contributed by atoms with Gasteiger partial charge in [0.15, 0.2) is 5.82 Å². The molecule has 10 aromatic rings. The number of pyridine rings is 1. The first-order valence-corrected chi connectivity index (χ1v) is 19.4. The topological polar surface area (TPSA) is 43.6 Å².